The normalized spacial score (nSPS) is 17.7. The third kappa shape index (κ3) is 5.67. The van der Waals surface area contributed by atoms with E-state index in [1.54, 1.807) is 42.8 Å². The lowest BCUT2D eigenvalue weighted by atomic mass is 9.85. The van der Waals surface area contributed by atoms with Crippen LogP contribution in [0.5, 0.6) is 17.2 Å². The molecule has 1 unspecified atom stereocenters. The Hall–Kier alpha value is -4.63. The topological polar surface area (TPSA) is 98.8 Å². The summed E-state index contributed by atoms with van der Waals surface area (Å²) < 4.78 is 17.2. The van der Waals surface area contributed by atoms with Crippen molar-refractivity contribution in [3.05, 3.63) is 106 Å². The van der Waals surface area contributed by atoms with Crippen molar-refractivity contribution in [3.8, 4) is 17.2 Å². The summed E-state index contributed by atoms with van der Waals surface area (Å²) in [6.45, 7) is 4.54. The lowest BCUT2D eigenvalue weighted by molar-refractivity contribution is 0.0906. The lowest BCUT2D eigenvalue weighted by Gasteiger charge is -2.35. The fourth-order valence-corrected chi connectivity index (χ4v) is 5.77. The van der Waals surface area contributed by atoms with Crippen LogP contribution in [0.25, 0.3) is 5.70 Å². The third-order valence-electron chi connectivity index (χ3n) is 6.95. The van der Waals surface area contributed by atoms with Crippen LogP contribution < -0.4 is 24.8 Å². The van der Waals surface area contributed by atoms with E-state index in [0.29, 0.717) is 34.4 Å². The third-order valence-corrected chi connectivity index (χ3v) is 7.89. The highest BCUT2D eigenvalue weighted by atomic mass is 32.1. The van der Waals surface area contributed by atoms with Crippen LogP contribution in [0.15, 0.2) is 78.2 Å². The van der Waals surface area contributed by atoms with Crippen LogP contribution in [0, 0.1) is 0 Å². The molecular weight excluding hydrogens is 538 g/mol. The van der Waals surface area contributed by atoms with Gasteiger partial charge in [-0.05, 0) is 74.4 Å². The number of hydrogen-bond acceptors (Lipinski definition) is 8. The first-order chi connectivity index (χ1) is 19.8. The highest BCUT2D eigenvalue weighted by molar-refractivity contribution is 7.09. The van der Waals surface area contributed by atoms with E-state index in [1.807, 2.05) is 42.5 Å². The molecule has 0 aliphatic carbocycles. The van der Waals surface area contributed by atoms with Crippen LogP contribution in [-0.4, -0.2) is 35.9 Å². The molecule has 8 nitrogen and oxygen atoms in total. The van der Waals surface area contributed by atoms with Gasteiger partial charge in [-0.3, -0.25) is 9.59 Å². The van der Waals surface area contributed by atoms with Crippen molar-refractivity contribution in [1.29, 1.82) is 0 Å². The van der Waals surface area contributed by atoms with Crippen molar-refractivity contribution >= 4 is 34.4 Å². The summed E-state index contributed by atoms with van der Waals surface area (Å²) in [5.41, 5.74) is 4.04. The molecule has 1 aromatic heterocycles. The number of thiazole rings is 1. The number of nitrogens with one attached hydrogen (secondary N) is 2. The van der Waals surface area contributed by atoms with E-state index in [4.69, 9.17) is 14.2 Å². The number of carbonyl (C=O) groups is 2. The van der Waals surface area contributed by atoms with E-state index >= 15 is 0 Å². The summed E-state index contributed by atoms with van der Waals surface area (Å²) in [7, 11) is 1.63. The molecular formula is C32H29N3O5S. The molecule has 0 bridgehead atoms. The van der Waals surface area contributed by atoms with Gasteiger partial charge in [0.15, 0.2) is 23.4 Å². The number of carbonyl (C=O) groups excluding carboxylic acids is 2. The van der Waals surface area contributed by atoms with E-state index in [1.165, 1.54) is 11.3 Å². The Bertz CT molecular complexity index is 1660. The molecule has 41 heavy (non-hydrogen) atoms. The van der Waals surface area contributed by atoms with Crippen molar-refractivity contribution in [2.75, 3.05) is 19.0 Å². The maximum Gasteiger partial charge on any atom is 0.275 e. The molecule has 3 heterocycles. The Labute approximate surface area is 242 Å². The smallest absolute Gasteiger partial charge is 0.275 e. The zero-order valence-electron chi connectivity index (χ0n) is 22.9. The van der Waals surface area contributed by atoms with Gasteiger partial charge in [0, 0.05) is 39.5 Å². The summed E-state index contributed by atoms with van der Waals surface area (Å²) in [6.07, 6.45) is 2.08. The summed E-state index contributed by atoms with van der Waals surface area (Å²) in [4.78, 5) is 30.6. The van der Waals surface area contributed by atoms with Gasteiger partial charge in [0.05, 0.1) is 7.11 Å². The van der Waals surface area contributed by atoms with Crippen molar-refractivity contribution < 1.29 is 23.8 Å². The standard InChI is InChI=1S/C32H29N3O5S/c1-32(2)16-20-10-13-22(38-3)14-23(20)24(35-32)15-26(36)19-8-11-21(12-9-19)33-30(37)25-18-41-31(34-25)29-17-39-27-6-4-5-7-28(27)40-29/h4-15,18,29,35H,16-17H2,1-3H3,(H,33,37)/b24-15-. The number of ether oxygens (including phenoxy) is 3. The monoisotopic (exact) mass is 567 g/mol. The minimum absolute atomic E-state index is 0.141. The molecule has 0 spiro atoms. The van der Waals surface area contributed by atoms with E-state index < -0.39 is 0 Å². The second kappa shape index (κ2) is 10.7. The molecule has 1 amide bonds. The number of nitrogens with zero attached hydrogens (tertiary/aromatic N) is 1. The minimum atomic E-state index is -0.381. The second-order valence-corrected chi connectivity index (χ2v) is 11.5. The van der Waals surface area contributed by atoms with Gasteiger partial charge in [0.25, 0.3) is 5.91 Å². The number of amides is 1. The largest absolute Gasteiger partial charge is 0.497 e. The van der Waals surface area contributed by atoms with Crippen LogP contribution in [-0.2, 0) is 6.42 Å². The molecule has 0 saturated carbocycles. The Kier molecular flexibility index (Phi) is 6.96. The van der Waals surface area contributed by atoms with Gasteiger partial charge >= 0.3 is 0 Å². The number of ketones is 1. The number of allylic oxidation sites excluding steroid dienone is 1. The van der Waals surface area contributed by atoms with E-state index in [9.17, 15) is 9.59 Å². The fourth-order valence-electron chi connectivity index (χ4n) is 4.96. The molecule has 6 rings (SSSR count). The molecule has 0 radical (unpaired) electrons. The van der Waals surface area contributed by atoms with Gasteiger partial charge in [0.2, 0.25) is 0 Å². The number of hydrogen-bond donors (Lipinski definition) is 2. The zero-order chi connectivity index (χ0) is 28.6. The Morgan fingerprint density at radius 1 is 1.10 bits per heavy atom. The number of anilines is 1. The van der Waals surface area contributed by atoms with Gasteiger partial charge < -0.3 is 24.8 Å². The average molecular weight is 568 g/mol. The molecule has 2 aliphatic heterocycles. The summed E-state index contributed by atoms with van der Waals surface area (Å²) in [5.74, 6) is 1.60. The molecule has 2 N–H and O–H groups in total. The van der Waals surface area contributed by atoms with Gasteiger partial charge in [-0.2, -0.15) is 0 Å². The highest BCUT2D eigenvalue weighted by Crippen LogP contribution is 2.37. The van der Waals surface area contributed by atoms with E-state index in [-0.39, 0.29) is 29.0 Å². The lowest BCUT2D eigenvalue weighted by Crippen LogP contribution is -2.43. The fraction of sp³-hybridized carbons (Fsp3) is 0.219. The molecule has 208 valence electrons. The molecule has 1 atom stereocenters. The van der Waals surface area contributed by atoms with Crippen LogP contribution in [0.4, 0.5) is 5.69 Å². The number of aromatic nitrogens is 1. The molecule has 2 aliphatic rings. The predicted molar refractivity (Wildman–Crippen MR) is 158 cm³/mol. The maximum atomic E-state index is 13.2. The van der Waals surface area contributed by atoms with E-state index in [0.717, 1.165) is 29.0 Å². The molecule has 4 aromatic rings. The first-order valence-corrected chi connectivity index (χ1v) is 14.1. The van der Waals surface area contributed by atoms with Crippen molar-refractivity contribution in [2.24, 2.45) is 0 Å². The SMILES string of the molecule is COc1ccc2c(c1)/C(=C/C(=O)c1ccc(NC(=O)c3csc(C4COc5ccccc5O4)n3)cc1)NC(C)(C)C2. The van der Waals surface area contributed by atoms with Gasteiger partial charge in [-0.15, -0.1) is 11.3 Å². The summed E-state index contributed by atoms with van der Waals surface area (Å²) in [5, 5.41) is 8.71. The first-order valence-electron chi connectivity index (χ1n) is 13.2. The van der Waals surface area contributed by atoms with Crippen LogP contribution in [0.3, 0.4) is 0 Å². The van der Waals surface area contributed by atoms with Gasteiger partial charge in [0.1, 0.15) is 23.1 Å². The van der Waals surface area contributed by atoms with E-state index in [2.05, 4.69) is 29.5 Å². The Balaban J connectivity index is 1.13. The number of methoxy groups -OCH3 is 1. The molecule has 0 fully saturated rings. The number of para-hydroxylation sites is 2. The zero-order valence-corrected chi connectivity index (χ0v) is 23.7. The summed E-state index contributed by atoms with van der Waals surface area (Å²) in [6, 6.07) is 20.2. The maximum absolute atomic E-state index is 13.2. The van der Waals surface area contributed by atoms with Crippen molar-refractivity contribution in [1.82, 2.24) is 10.3 Å². The highest BCUT2D eigenvalue weighted by Gasteiger charge is 2.29. The number of rotatable bonds is 6. The second-order valence-electron chi connectivity index (χ2n) is 10.6. The van der Waals surface area contributed by atoms with Crippen molar-refractivity contribution in [2.45, 2.75) is 31.9 Å². The number of fused-ring (bicyclic) bond motifs is 2. The predicted octanol–water partition coefficient (Wildman–Crippen LogP) is 6.06. The molecule has 9 heteroatoms. The number of benzene rings is 3. The quantitative estimate of drug-likeness (QED) is 0.216. The van der Waals surface area contributed by atoms with Crippen molar-refractivity contribution in [3.63, 3.8) is 0 Å². The van der Waals surface area contributed by atoms with Crippen LogP contribution in [0.2, 0.25) is 0 Å². The minimum Gasteiger partial charge on any atom is -0.497 e. The van der Waals surface area contributed by atoms with Gasteiger partial charge in [-0.25, -0.2) is 4.98 Å². The Morgan fingerprint density at radius 2 is 1.88 bits per heavy atom. The first kappa shape index (κ1) is 26.6. The molecule has 3 aromatic carbocycles. The summed E-state index contributed by atoms with van der Waals surface area (Å²) >= 11 is 1.35. The average Bonchev–Trinajstić information content (AvgIpc) is 3.47. The molecule has 0 saturated heterocycles. The Morgan fingerprint density at radius 3 is 2.66 bits per heavy atom. The van der Waals surface area contributed by atoms with Crippen LogP contribution >= 0.6 is 11.3 Å². The van der Waals surface area contributed by atoms with Gasteiger partial charge in [-0.1, -0.05) is 18.2 Å². The van der Waals surface area contributed by atoms with Crippen LogP contribution in [0.1, 0.15) is 56.9 Å².